The van der Waals surface area contributed by atoms with Gasteiger partial charge in [-0.05, 0) is 49.2 Å². The third-order valence-electron chi connectivity index (χ3n) is 3.93. The number of halogens is 1. The summed E-state index contributed by atoms with van der Waals surface area (Å²) in [6, 6.07) is 13.2. The van der Waals surface area contributed by atoms with Gasteiger partial charge in [0.25, 0.3) is 5.91 Å². The van der Waals surface area contributed by atoms with Crippen LogP contribution in [-0.4, -0.2) is 29.3 Å². The predicted octanol–water partition coefficient (Wildman–Crippen LogP) is 3.74. The summed E-state index contributed by atoms with van der Waals surface area (Å²) in [5.74, 6) is 1.34. The van der Waals surface area contributed by atoms with Crippen molar-refractivity contribution in [3.05, 3.63) is 64.5 Å². The summed E-state index contributed by atoms with van der Waals surface area (Å²) in [5.41, 5.74) is 2.69. The van der Waals surface area contributed by atoms with Crippen molar-refractivity contribution >= 4 is 17.5 Å². The van der Waals surface area contributed by atoms with Crippen molar-refractivity contribution in [2.24, 2.45) is 0 Å². The third-order valence-corrected chi connectivity index (χ3v) is 4.52. The monoisotopic (exact) mass is 385 g/mol. The molecule has 0 saturated heterocycles. The van der Waals surface area contributed by atoms with Crippen LogP contribution in [0.3, 0.4) is 0 Å². The number of hydrogen-bond acceptors (Lipinski definition) is 5. The second-order valence-corrected chi connectivity index (χ2v) is 6.50. The Kier molecular flexibility index (Phi) is 6.08. The van der Waals surface area contributed by atoms with E-state index >= 15 is 0 Å². The van der Waals surface area contributed by atoms with Crippen molar-refractivity contribution in [1.29, 1.82) is 0 Å². The number of carbonyl (C=O) groups is 1. The van der Waals surface area contributed by atoms with Crippen LogP contribution in [-0.2, 0) is 11.2 Å². The number of amides is 1. The Morgan fingerprint density at radius 1 is 1.15 bits per heavy atom. The fraction of sp³-hybridized carbons (Fsp3) is 0.250. The number of hydrogen-bond donors (Lipinski definition) is 1. The van der Waals surface area contributed by atoms with E-state index in [9.17, 15) is 4.79 Å². The summed E-state index contributed by atoms with van der Waals surface area (Å²) >= 11 is 6.13. The van der Waals surface area contributed by atoms with Gasteiger partial charge in [0.15, 0.2) is 6.61 Å². The molecular weight excluding hydrogens is 366 g/mol. The first-order valence-electron chi connectivity index (χ1n) is 8.57. The fourth-order valence-corrected chi connectivity index (χ4v) is 2.66. The Morgan fingerprint density at radius 2 is 1.85 bits per heavy atom. The number of aryl methyl sites for hydroxylation is 2. The highest BCUT2D eigenvalue weighted by atomic mass is 35.5. The van der Waals surface area contributed by atoms with E-state index in [1.807, 2.05) is 56.3 Å². The smallest absolute Gasteiger partial charge is 0.257 e. The quantitative estimate of drug-likeness (QED) is 0.670. The normalized spacial score (nSPS) is 10.6. The molecule has 0 bridgehead atoms. The zero-order valence-electron chi connectivity index (χ0n) is 15.2. The summed E-state index contributed by atoms with van der Waals surface area (Å²) in [6.45, 7) is 4.11. The molecule has 1 aromatic heterocycles. The molecule has 1 N–H and O–H groups in total. The highest BCUT2D eigenvalue weighted by Gasteiger charge is 2.10. The molecule has 0 aliphatic rings. The molecule has 2 aromatic carbocycles. The van der Waals surface area contributed by atoms with Crippen LogP contribution in [0.15, 0.2) is 46.9 Å². The molecule has 1 heterocycles. The number of ether oxygens (including phenoxy) is 1. The maximum atomic E-state index is 11.9. The van der Waals surface area contributed by atoms with Crippen LogP contribution in [0.2, 0.25) is 5.02 Å². The highest BCUT2D eigenvalue weighted by molar-refractivity contribution is 6.32. The molecule has 3 aromatic rings. The minimum Gasteiger partial charge on any atom is -0.484 e. The van der Waals surface area contributed by atoms with Crippen molar-refractivity contribution in [3.63, 3.8) is 0 Å². The van der Waals surface area contributed by atoms with Gasteiger partial charge in [-0.25, -0.2) is 0 Å². The van der Waals surface area contributed by atoms with Gasteiger partial charge >= 0.3 is 0 Å². The van der Waals surface area contributed by atoms with Gasteiger partial charge in [-0.2, -0.15) is 0 Å². The van der Waals surface area contributed by atoms with E-state index in [0.29, 0.717) is 35.5 Å². The van der Waals surface area contributed by atoms with Crippen molar-refractivity contribution in [1.82, 2.24) is 15.5 Å². The molecule has 0 saturated carbocycles. The van der Waals surface area contributed by atoms with Gasteiger partial charge in [-0.3, -0.25) is 4.79 Å². The maximum Gasteiger partial charge on any atom is 0.257 e. The Morgan fingerprint density at radius 3 is 2.56 bits per heavy atom. The standard InChI is InChI=1S/C20H20ClN3O3/c1-13-10-16(11-14(2)19(13)21)26-12-17(25)22-9-8-18-23-24-20(27-18)15-6-4-3-5-7-15/h3-7,10-11H,8-9,12H2,1-2H3,(H,22,25). The van der Waals surface area contributed by atoms with E-state index in [1.165, 1.54) is 0 Å². The number of benzene rings is 2. The van der Waals surface area contributed by atoms with Gasteiger partial charge in [0.05, 0.1) is 0 Å². The van der Waals surface area contributed by atoms with Crippen molar-refractivity contribution in [2.75, 3.05) is 13.2 Å². The molecule has 0 aliphatic heterocycles. The average molecular weight is 386 g/mol. The lowest BCUT2D eigenvalue weighted by molar-refractivity contribution is -0.123. The lowest BCUT2D eigenvalue weighted by Gasteiger charge is -2.10. The summed E-state index contributed by atoms with van der Waals surface area (Å²) in [7, 11) is 0. The van der Waals surface area contributed by atoms with Gasteiger partial charge in [0.1, 0.15) is 5.75 Å². The summed E-state index contributed by atoms with van der Waals surface area (Å²) in [5, 5.41) is 11.5. The molecule has 7 heteroatoms. The van der Waals surface area contributed by atoms with Gasteiger partial charge < -0.3 is 14.5 Å². The molecule has 0 radical (unpaired) electrons. The second kappa shape index (κ2) is 8.68. The molecule has 0 atom stereocenters. The van der Waals surface area contributed by atoms with Crippen LogP contribution >= 0.6 is 11.6 Å². The van der Waals surface area contributed by atoms with Crippen molar-refractivity contribution in [2.45, 2.75) is 20.3 Å². The predicted molar refractivity (Wildman–Crippen MR) is 103 cm³/mol. The van der Waals surface area contributed by atoms with E-state index in [1.54, 1.807) is 0 Å². The molecule has 27 heavy (non-hydrogen) atoms. The lowest BCUT2D eigenvalue weighted by Crippen LogP contribution is -2.30. The zero-order chi connectivity index (χ0) is 19.2. The molecule has 3 rings (SSSR count). The Labute approximate surface area is 162 Å². The van der Waals surface area contributed by atoms with Crippen LogP contribution in [0.25, 0.3) is 11.5 Å². The van der Waals surface area contributed by atoms with E-state index in [-0.39, 0.29) is 12.5 Å². The number of rotatable bonds is 7. The SMILES string of the molecule is Cc1cc(OCC(=O)NCCc2nnc(-c3ccccc3)o2)cc(C)c1Cl. The van der Waals surface area contributed by atoms with Crippen LogP contribution in [0.4, 0.5) is 0 Å². The average Bonchev–Trinajstić information content (AvgIpc) is 3.14. The van der Waals surface area contributed by atoms with E-state index in [4.69, 9.17) is 20.8 Å². The van der Waals surface area contributed by atoms with Gasteiger partial charge in [0.2, 0.25) is 11.8 Å². The van der Waals surface area contributed by atoms with Crippen molar-refractivity contribution < 1.29 is 13.9 Å². The first-order valence-corrected chi connectivity index (χ1v) is 8.95. The molecule has 0 spiro atoms. The number of carbonyl (C=O) groups excluding carboxylic acids is 1. The van der Waals surface area contributed by atoms with Crippen LogP contribution in [0, 0.1) is 13.8 Å². The van der Waals surface area contributed by atoms with Crippen LogP contribution < -0.4 is 10.1 Å². The van der Waals surface area contributed by atoms with E-state index in [0.717, 1.165) is 16.7 Å². The highest BCUT2D eigenvalue weighted by Crippen LogP contribution is 2.25. The van der Waals surface area contributed by atoms with Crippen LogP contribution in [0.5, 0.6) is 5.75 Å². The molecule has 1 amide bonds. The number of aromatic nitrogens is 2. The van der Waals surface area contributed by atoms with Gasteiger partial charge in [-0.1, -0.05) is 29.8 Å². The number of nitrogens with one attached hydrogen (secondary N) is 1. The first kappa shape index (κ1) is 18.9. The minimum atomic E-state index is -0.219. The van der Waals surface area contributed by atoms with Gasteiger partial charge in [0, 0.05) is 23.6 Å². The minimum absolute atomic E-state index is 0.0698. The molecular formula is C20H20ClN3O3. The summed E-state index contributed by atoms with van der Waals surface area (Å²) in [4.78, 5) is 11.9. The third kappa shape index (κ3) is 5.08. The Bertz CT molecular complexity index is 902. The summed E-state index contributed by atoms with van der Waals surface area (Å²) in [6.07, 6.45) is 0.449. The molecule has 0 aliphatic carbocycles. The zero-order valence-corrected chi connectivity index (χ0v) is 15.9. The Balaban J connectivity index is 1.44. The Hall–Kier alpha value is -2.86. The largest absolute Gasteiger partial charge is 0.484 e. The lowest BCUT2D eigenvalue weighted by atomic mass is 10.1. The van der Waals surface area contributed by atoms with Gasteiger partial charge in [-0.15, -0.1) is 10.2 Å². The molecule has 0 fully saturated rings. The maximum absolute atomic E-state index is 11.9. The topological polar surface area (TPSA) is 77.2 Å². The molecule has 140 valence electrons. The summed E-state index contributed by atoms with van der Waals surface area (Å²) < 4.78 is 11.1. The van der Waals surface area contributed by atoms with Crippen LogP contribution in [0.1, 0.15) is 17.0 Å². The fourth-order valence-electron chi connectivity index (χ4n) is 2.55. The van der Waals surface area contributed by atoms with E-state index < -0.39 is 0 Å². The van der Waals surface area contributed by atoms with Crippen molar-refractivity contribution in [3.8, 4) is 17.2 Å². The molecule has 0 unspecified atom stereocenters. The first-order chi connectivity index (χ1) is 13.0. The molecule has 6 nitrogen and oxygen atoms in total. The second-order valence-electron chi connectivity index (χ2n) is 6.13. The number of nitrogens with zero attached hydrogens (tertiary/aromatic N) is 2. The van der Waals surface area contributed by atoms with E-state index in [2.05, 4.69) is 15.5 Å².